The van der Waals surface area contributed by atoms with Gasteiger partial charge >= 0.3 is 0 Å². The highest BCUT2D eigenvalue weighted by Gasteiger charge is 2.15. The number of hydrogen-bond donors (Lipinski definition) is 2. The first-order chi connectivity index (χ1) is 15.7. The highest BCUT2D eigenvalue weighted by Crippen LogP contribution is 2.12. The Labute approximate surface area is 196 Å². The molecule has 178 valence electrons. The molecule has 0 aliphatic carbocycles. The SMILES string of the molecule is CC(=O)c1ccc(S(=O)(=O)NCCC(=O)NCc2cccc(CN3CCN(C)CC3)c2)cc1. The number of amides is 1. The van der Waals surface area contributed by atoms with Gasteiger partial charge < -0.3 is 10.2 Å². The van der Waals surface area contributed by atoms with Gasteiger partial charge in [0.1, 0.15) is 0 Å². The maximum atomic E-state index is 12.4. The van der Waals surface area contributed by atoms with Crippen molar-refractivity contribution in [2.24, 2.45) is 0 Å². The van der Waals surface area contributed by atoms with Crippen LogP contribution in [0.3, 0.4) is 0 Å². The van der Waals surface area contributed by atoms with Gasteiger partial charge in [0.25, 0.3) is 0 Å². The lowest BCUT2D eigenvalue weighted by molar-refractivity contribution is -0.121. The molecule has 3 rings (SSSR count). The summed E-state index contributed by atoms with van der Waals surface area (Å²) in [5.74, 6) is -0.359. The van der Waals surface area contributed by atoms with Crippen LogP contribution in [-0.4, -0.2) is 69.7 Å². The van der Waals surface area contributed by atoms with Crippen molar-refractivity contribution in [3.05, 3.63) is 65.2 Å². The van der Waals surface area contributed by atoms with Crippen LogP contribution >= 0.6 is 0 Å². The Morgan fingerprint density at radius 2 is 1.64 bits per heavy atom. The minimum absolute atomic E-state index is 0.00786. The third kappa shape index (κ3) is 7.75. The Morgan fingerprint density at radius 3 is 2.30 bits per heavy atom. The lowest BCUT2D eigenvalue weighted by Crippen LogP contribution is -2.43. The Kier molecular flexibility index (Phi) is 8.74. The van der Waals surface area contributed by atoms with E-state index in [2.05, 4.69) is 39.0 Å². The van der Waals surface area contributed by atoms with Gasteiger partial charge in [0, 0.05) is 57.8 Å². The minimum Gasteiger partial charge on any atom is -0.352 e. The number of sulfonamides is 1. The van der Waals surface area contributed by atoms with Crippen LogP contribution in [0.1, 0.15) is 34.8 Å². The van der Waals surface area contributed by atoms with Crippen LogP contribution in [0.2, 0.25) is 0 Å². The number of nitrogens with zero attached hydrogens (tertiary/aromatic N) is 2. The molecule has 1 saturated heterocycles. The molecule has 0 spiro atoms. The number of rotatable bonds is 10. The Balaban J connectivity index is 1.42. The fraction of sp³-hybridized carbons (Fsp3) is 0.417. The number of Topliss-reactive ketones (excluding diaryl/α,β-unsaturated/α-hetero) is 1. The molecule has 0 bridgehead atoms. The standard InChI is InChI=1S/C24H32N4O4S/c1-19(29)22-6-8-23(9-7-22)33(31,32)26-11-10-24(30)25-17-20-4-3-5-21(16-20)18-28-14-12-27(2)13-15-28/h3-9,16,26H,10-15,17-18H2,1-2H3,(H,25,30). The molecule has 2 N–H and O–H groups in total. The van der Waals surface area contributed by atoms with Gasteiger partial charge in [-0.05, 0) is 37.2 Å². The smallest absolute Gasteiger partial charge is 0.240 e. The molecule has 1 heterocycles. The van der Waals surface area contributed by atoms with Crippen molar-refractivity contribution < 1.29 is 18.0 Å². The number of hydrogen-bond acceptors (Lipinski definition) is 6. The van der Waals surface area contributed by atoms with Crippen molar-refractivity contribution in [3.8, 4) is 0 Å². The monoisotopic (exact) mass is 472 g/mol. The maximum Gasteiger partial charge on any atom is 0.240 e. The van der Waals surface area contributed by atoms with E-state index in [1.54, 1.807) is 0 Å². The molecule has 2 aromatic carbocycles. The summed E-state index contributed by atoms with van der Waals surface area (Å²) in [7, 11) is -1.60. The zero-order chi connectivity index (χ0) is 23.8. The predicted molar refractivity (Wildman–Crippen MR) is 127 cm³/mol. The van der Waals surface area contributed by atoms with Gasteiger partial charge in [-0.2, -0.15) is 0 Å². The summed E-state index contributed by atoms with van der Waals surface area (Å²) >= 11 is 0. The maximum absolute atomic E-state index is 12.4. The second-order valence-electron chi connectivity index (χ2n) is 8.40. The van der Waals surface area contributed by atoms with Crippen molar-refractivity contribution in [2.45, 2.75) is 31.3 Å². The third-order valence-corrected chi connectivity index (χ3v) is 7.18. The molecule has 1 fully saturated rings. The highest BCUT2D eigenvalue weighted by molar-refractivity contribution is 7.89. The van der Waals surface area contributed by atoms with E-state index in [1.165, 1.54) is 36.8 Å². The molecule has 2 aromatic rings. The summed E-state index contributed by atoms with van der Waals surface area (Å²) in [5, 5.41) is 2.85. The van der Waals surface area contributed by atoms with Gasteiger partial charge in [-0.25, -0.2) is 13.1 Å². The first kappa shape index (κ1) is 25.0. The van der Waals surface area contributed by atoms with E-state index in [9.17, 15) is 18.0 Å². The van der Waals surface area contributed by atoms with E-state index < -0.39 is 10.0 Å². The highest BCUT2D eigenvalue weighted by atomic mass is 32.2. The van der Waals surface area contributed by atoms with Crippen molar-refractivity contribution in [1.82, 2.24) is 19.8 Å². The summed E-state index contributed by atoms with van der Waals surface area (Å²) in [4.78, 5) is 28.3. The van der Waals surface area contributed by atoms with Gasteiger partial charge in [0.15, 0.2) is 5.78 Å². The summed E-state index contributed by atoms with van der Waals surface area (Å²) in [6, 6.07) is 13.9. The van der Waals surface area contributed by atoms with E-state index >= 15 is 0 Å². The second-order valence-corrected chi connectivity index (χ2v) is 10.2. The number of nitrogens with one attached hydrogen (secondary N) is 2. The molecule has 0 aromatic heterocycles. The van der Waals surface area contributed by atoms with Crippen LogP contribution in [0.4, 0.5) is 0 Å². The predicted octanol–water partition coefficient (Wildman–Crippen LogP) is 1.62. The van der Waals surface area contributed by atoms with Crippen molar-refractivity contribution >= 4 is 21.7 Å². The number of carbonyl (C=O) groups excluding carboxylic acids is 2. The molecule has 0 unspecified atom stereocenters. The van der Waals surface area contributed by atoms with Crippen LogP contribution in [0.15, 0.2) is 53.4 Å². The minimum atomic E-state index is -3.74. The summed E-state index contributed by atoms with van der Waals surface area (Å²) in [6.45, 7) is 6.95. The Hall–Kier alpha value is -2.59. The van der Waals surface area contributed by atoms with Crippen LogP contribution in [0.5, 0.6) is 0 Å². The van der Waals surface area contributed by atoms with Crippen LogP contribution in [0.25, 0.3) is 0 Å². The first-order valence-electron chi connectivity index (χ1n) is 11.1. The van der Waals surface area contributed by atoms with E-state index in [4.69, 9.17) is 0 Å². The molecule has 9 heteroatoms. The zero-order valence-electron chi connectivity index (χ0n) is 19.2. The average Bonchev–Trinajstić information content (AvgIpc) is 2.79. The molecule has 1 amide bonds. The molecule has 1 aliphatic rings. The van der Waals surface area contributed by atoms with Crippen molar-refractivity contribution in [3.63, 3.8) is 0 Å². The van der Waals surface area contributed by atoms with Gasteiger partial charge in [0.2, 0.25) is 15.9 Å². The molecule has 8 nitrogen and oxygen atoms in total. The molecule has 1 aliphatic heterocycles. The topological polar surface area (TPSA) is 98.8 Å². The van der Waals surface area contributed by atoms with Crippen molar-refractivity contribution in [2.75, 3.05) is 39.8 Å². The van der Waals surface area contributed by atoms with Crippen molar-refractivity contribution in [1.29, 1.82) is 0 Å². The quantitative estimate of drug-likeness (QED) is 0.510. The second kappa shape index (κ2) is 11.5. The third-order valence-electron chi connectivity index (χ3n) is 5.70. The number of likely N-dealkylation sites (N-methyl/N-ethyl adjacent to an activating group) is 1. The van der Waals surface area contributed by atoms with Gasteiger partial charge in [-0.15, -0.1) is 0 Å². The van der Waals surface area contributed by atoms with E-state index in [0.29, 0.717) is 12.1 Å². The fourth-order valence-electron chi connectivity index (χ4n) is 3.64. The van der Waals surface area contributed by atoms with Gasteiger partial charge in [0.05, 0.1) is 4.90 Å². The number of benzene rings is 2. The molecule has 0 atom stereocenters. The summed E-state index contributed by atoms with van der Waals surface area (Å²) in [5.41, 5.74) is 2.68. The number of piperazine rings is 1. The summed E-state index contributed by atoms with van der Waals surface area (Å²) < 4.78 is 27.1. The first-order valence-corrected chi connectivity index (χ1v) is 12.6. The fourth-order valence-corrected chi connectivity index (χ4v) is 4.67. The Morgan fingerprint density at radius 1 is 0.970 bits per heavy atom. The molecule has 0 radical (unpaired) electrons. The molecule has 0 saturated carbocycles. The number of carbonyl (C=O) groups is 2. The van der Waals surface area contributed by atoms with Gasteiger partial charge in [-0.3, -0.25) is 14.5 Å². The number of ketones is 1. The normalized spacial score (nSPS) is 15.3. The molecular formula is C24H32N4O4S. The van der Waals surface area contributed by atoms with Crippen LogP contribution < -0.4 is 10.0 Å². The lowest BCUT2D eigenvalue weighted by atomic mass is 10.1. The van der Waals surface area contributed by atoms with E-state index in [-0.39, 0.29) is 29.6 Å². The average molecular weight is 473 g/mol. The van der Waals surface area contributed by atoms with E-state index in [0.717, 1.165) is 38.3 Å². The lowest BCUT2D eigenvalue weighted by Gasteiger charge is -2.32. The molecular weight excluding hydrogens is 440 g/mol. The zero-order valence-corrected chi connectivity index (χ0v) is 20.0. The summed E-state index contributed by atoms with van der Waals surface area (Å²) in [6.07, 6.45) is 0.0335. The van der Waals surface area contributed by atoms with Crippen LogP contribution in [0, 0.1) is 0 Å². The van der Waals surface area contributed by atoms with Crippen LogP contribution in [-0.2, 0) is 27.9 Å². The van der Waals surface area contributed by atoms with E-state index in [1.807, 2.05) is 12.1 Å². The van der Waals surface area contributed by atoms with Gasteiger partial charge in [-0.1, -0.05) is 36.4 Å². The molecule has 33 heavy (non-hydrogen) atoms. The Bertz CT molecular complexity index is 1060. The largest absolute Gasteiger partial charge is 0.352 e.